The first-order valence-electron chi connectivity index (χ1n) is 10.3. The Hall–Kier alpha value is -1.83. The number of likely N-dealkylation sites (tertiary alicyclic amines) is 1. The van der Waals surface area contributed by atoms with Crippen LogP contribution in [0.3, 0.4) is 0 Å². The van der Waals surface area contributed by atoms with Crippen molar-refractivity contribution in [3.05, 3.63) is 41.7 Å². The Morgan fingerprint density at radius 3 is 2.68 bits per heavy atom. The lowest BCUT2D eigenvalue weighted by Crippen LogP contribution is -2.37. The summed E-state index contributed by atoms with van der Waals surface area (Å²) in [5.74, 6) is 2.07. The van der Waals surface area contributed by atoms with Gasteiger partial charge in [-0.3, -0.25) is 14.8 Å². The van der Waals surface area contributed by atoms with Crippen LogP contribution < -0.4 is 0 Å². The fourth-order valence-corrected chi connectivity index (χ4v) is 4.21. The van der Waals surface area contributed by atoms with E-state index in [0.29, 0.717) is 12.0 Å². The molecule has 0 spiro atoms. The van der Waals surface area contributed by atoms with E-state index in [-0.39, 0.29) is 12.1 Å². The van der Waals surface area contributed by atoms with Crippen LogP contribution in [0.2, 0.25) is 0 Å². The molecule has 28 heavy (non-hydrogen) atoms. The van der Waals surface area contributed by atoms with Crippen molar-refractivity contribution in [2.75, 3.05) is 19.6 Å². The fourth-order valence-electron chi connectivity index (χ4n) is 4.21. The summed E-state index contributed by atoms with van der Waals surface area (Å²) in [4.78, 5) is 8.91. The van der Waals surface area contributed by atoms with Crippen LogP contribution in [0.15, 0.2) is 24.5 Å². The van der Waals surface area contributed by atoms with E-state index in [2.05, 4.69) is 50.3 Å². The smallest absolute Gasteiger partial charge is 0.150 e. The van der Waals surface area contributed by atoms with E-state index in [1.54, 1.807) is 0 Å². The summed E-state index contributed by atoms with van der Waals surface area (Å²) in [6, 6.07) is 4.19. The van der Waals surface area contributed by atoms with Gasteiger partial charge in [-0.25, -0.2) is 0 Å². The van der Waals surface area contributed by atoms with Crippen molar-refractivity contribution in [3.8, 4) is 0 Å². The van der Waals surface area contributed by atoms with Gasteiger partial charge in [0.05, 0.1) is 18.7 Å². The highest BCUT2D eigenvalue weighted by Crippen LogP contribution is 2.33. The number of fused-ring (bicyclic) bond motifs is 1. The van der Waals surface area contributed by atoms with Gasteiger partial charge in [-0.15, -0.1) is 10.2 Å². The summed E-state index contributed by atoms with van der Waals surface area (Å²) in [5, 5.41) is 19.4. The van der Waals surface area contributed by atoms with E-state index < -0.39 is 0 Å². The van der Waals surface area contributed by atoms with Gasteiger partial charge >= 0.3 is 0 Å². The quantitative estimate of drug-likeness (QED) is 0.853. The highest BCUT2D eigenvalue weighted by Gasteiger charge is 2.36. The van der Waals surface area contributed by atoms with Crippen LogP contribution in [-0.2, 0) is 19.6 Å². The first-order valence-corrected chi connectivity index (χ1v) is 10.3. The van der Waals surface area contributed by atoms with Crippen LogP contribution in [0.5, 0.6) is 0 Å². The number of aliphatic hydroxyl groups is 1. The second-order valence-electron chi connectivity index (χ2n) is 9.40. The van der Waals surface area contributed by atoms with Gasteiger partial charge < -0.3 is 9.67 Å². The zero-order chi connectivity index (χ0) is 19.7. The zero-order valence-corrected chi connectivity index (χ0v) is 17.3. The molecule has 2 aliphatic heterocycles. The molecule has 0 radical (unpaired) electrons. The fraction of sp³-hybridized carbons (Fsp3) is 0.667. The van der Waals surface area contributed by atoms with E-state index in [1.165, 1.54) is 12.0 Å². The Labute approximate surface area is 167 Å². The molecule has 7 heteroatoms. The van der Waals surface area contributed by atoms with Gasteiger partial charge in [0, 0.05) is 38.6 Å². The highest BCUT2D eigenvalue weighted by molar-refractivity contribution is 5.13. The number of hydrogen-bond donors (Lipinski definition) is 1. The largest absolute Gasteiger partial charge is 0.392 e. The molecule has 4 rings (SSSR count). The van der Waals surface area contributed by atoms with Crippen molar-refractivity contribution in [1.82, 2.24) is 29.5 Å². The molecular formula is C21H32N6O. The average molecular weight is 385 g/mol. The van der Waals surface area contributed by atoms with Crippen LogP contribution in [0.1, 0.15) is 56.9 Å². The van der Waals surface area contributed by atoms with E-state index in [0.717, 1.165) is 50.8 Å². The molecule has 7 nitrogen and oxygen atoms in total. The van der Waals surface area contributed by atoms with E-state index >= 15 is 0 Å². The Morgan fingerprint density at radius 1 is 1.14 bits per heavy atom. The maximum atomic E-state index is 10.3. The molecule has 2 aromatic heterocycles. The minimum atomic E-state index is -0.313. The minimum absolute atomic E-state index is 0.116. The van der Waals surface area contributed by atoms with Crippen LogP contribution in [0.4, 0.5) is 0 Å². The molecule has 4 heterocycles. The predicted molar refractivity (Wildman–Crippen MR) is 107 cm³/mol. The summed E-state index contributed by atoms with van der Waals surface area (Å²) >= 11 is 0. The van der Waals surface area contributed by atoms with Crippen molar-refractivity contribution >= 4 is 0 Å². The minimum Gasteiger partial charge on any atom is -0.392 e. The Balaban J connectivity index is 1.47. The number of aliphatic hydroxyl groups excluding tert-OH is 1. The zero-order valence-electron chi connectivity index (χ0n) is 17.3. The monoisotopic (exact) mass is 384 g/mol. The third-order valence-corrected chi connectivity index (χ3v) is 5.85. The van der Waals surface area contributed by atoms with E-state index in [4.69, 9.17) is 0 Å². The second kappa shape index (κ2) is 7.89. The van der Waals surface area contributed by atoms with Crippen LogP contribution >= 0.6 is 0 Å². The molecule has 2 aromatic rings. The van der Waals surface area contributed by atoms with Crippen LogP contribution in [0.25, 0.3) is 0 Å². The molecule has 1 saturated heterocycles. The van der Waals surface area contributed by atoms with Crippen LogP contribution in [0, 0.1) is 5.41 Å². The standard InChI is InChI=1S/C21H32N6O/c1-21(2,3)6-9-25-10-11-27-19(15-25)23-24-20(27)18-12-17(28)14-26(18)13-16-4-7-22-8-5-16/h4-5,7-8,17-18,28H,6,9-15H2,1-3H3/t17-,18+/m1/s1. The summed E-state index contributed by atoms with van der Waals surface area (Å²) < 4.78 is 2.29. The Morgan fingerprint density at radius 2 is 1.93 bits per heavy atom. The molecule has 0 unspecified atom stereocenters. The summed E-state index contributed by atoms with van der Waals surface area (Å²) in [5.41, 5.74) is 1.56. The van der Waals surface area contributed by atoms with E-state index in [9.17, 15) is 5.11 Å². The highest BCUT2D eigenvalue weighted by atomic mass is 16.3. The summed E-state index contributed by atoms with van der Waals surface area (Å²) in [6.07, 6.45) is 5.23. The molecular weight excluding hydrogens is 352 g/mol. The molecule has 0 amide bonds. The number of rotatable bonds is 5. The lowest BCUT2D eigenvalue weighted by molar-refractivity contribution is 0.170. The Kier molecular flexibility index (Phi) is 5.49. The third kappa shape index (κ3) is 4.42. The molecule has 0 saturated carbocycles. The lowest BCUT2D eigenvalue weighted by atomic mass is 9.92. The molecule has 152 valence electrons. The second-order valence-corrected chi connectivity index (χ2v) is 9.40. The van der Waals surface area contributed by atoms with Gasteiger partial charge in [0.2, 0.25) is 0 Å². The van der Waals surface area contributed by atoms with E-state index in [1.807, 2.05) is 24.5 Å². The molecule has 0 aliphatic carbocycles. The molecule has 1 fully saturated rings. The first kappa shape index (κ1) is 19.5. The third-order valence-electron chi connectivity index (χ3n) is 5.85. The predicted octanol–water partition coefficient (Wildman–Crippen LogP) is 2.23. The summed E-state index contributed by atoms with van der Waals surface area (Å²) in [6.45, 7) is 12.3. The van der Waals surface area contributed by atoms with Crippen molar-refractivity contribution in [2.45, 2.75) is 65.4 Å². The van der Waals surface area contributed by atoms with Crippen molar-refractivity contribution < 1.29 is 5.11 Å². The van der Waals surface area contributed by atoms with Gasteiger partial charge in [0.15, 0.2) is 5.82 Å². The van der Waals surface area contributed by atoms with Crippen molar-refractivity contribution in [1.29, 1.82) is 0 Å². The normalized spacial score (nSPS) is 23.9. The molecule has 2 atom stereocenters. The first-order chi connectivity index (χ1) is 13.4. The van der Waals surface area contributed by atoms with Gasteiger partial charge in [-0.05, 0) is 42.5 Å². The summed E-state index contributed by atoms with van der Waals surface area (Å²) in [7, 11) is 0. The van der Waals surface area contributed by atoms with Crippen molar-refractivity contribution in [2.24, 2.45) is 5.41 Å². The van der Waals surface area contributed by atoms with Gasteiger partial charge in [0.1, 0.15) is 5.82 Å². The van der Waals surface area contributed by atoms with Crippen molar-refractivity contribution in [3.63, 3.8) is 0 Å². The van der Waals surface area contributed by atoms with Crippen LogP contribution in [-0.4, -0.2) is 60.4 Å². The molecule has 1 N–H and O–H groups in total. The maximum Gasteiger partial charge on any atom is 0.150 e. The average Bonchev–Trinajstić information content (AvgIpc) is 3.22. The van der Waals surface area contributed by atoms with Gasteiger partial charge in [0.25, 0.3) is 0 Å². The number of nitrogens with zero attached hydrogens (tertiary/aromatic N) is 6. The van der Waals surface area contributed by atoms with Gasteiger partial charge in [-0.2, -0.15) is 0 Å². The molecule has 0 aromatic carbocycles. The maximum absolute atomic E-state index is 10.3. The Bertz CT molecular complexity index is 784. The number of aromatic nitrogens is 4. The molecule has 0 bridgehead atoms. The topological polar surface area (TPSA) is 70.3 Å². The molecule has 2 aliphatic rings. The number of hydrogen-bond acceptors (Lipinski definition) is 6. The lowest BCUT2D eigenvalue weighted by Gasteiger charge is -2.31. The SMILES string of the molecule is CC(C)(C)CCN1CCn2c(nnc2[C@@H]2C[C@@H](O)CN2Cc2ccncc2)C1. The van der Waals surface area contributed by atoms with Gasteiger partial charge in [-0.1, -0.05) is 20.8 Å². The number of pyridine rings is 1. The number of β-amino-alcohol motifs (C(OH)–C–C–N with tert-alkyl or cyclic N) is 1.